The van der Waals surface area contributed by atoms with Gasteiger partial charge in [-0.2, -0.15) is 0 Å². The number of aliphatic hydroxyl groups is 1. The van der Waals surface area contributed by atoms with Crippen molar-refractivity contribution in [1.82, 2.24) is 10.2 Å². The first-order valence-electron chi connectivity index (χ1n) is 5.95. The van der Waals surface area contributed by atoms with E-state index in [1.54, 1.807) is 0 Å². The van der Waals surface area contributed by atoms with Crippen LogP contribution in [0.3, 0.4) is 0 Å². The molecule has 3 nitrogen and oxygen atoms in total. The van der Waals surface area contributed by atoms with Crippen molar-refractivity contribution < 1.29 is 5.11 Å². The van der Waals surface area contributed by atoms with E-state index in [4.69, 9.17) is 0 Å². The Morgan fingerprint density at radius 1 is 1.33 bits per heavy atom. The Kier molecular flexibility index (Phi) is 6.41. The number of hydrogen-bond donors (Lipinski definition) is 2. The van der Waals surface area contributed by atoms with Gasteiger partial charge < -0.3 is 15.3 Å². The zero-order valence-electron chi connectivity index (χ0n) is 11.2. The molecule has 0 spiro atoms. The Bertz CT molecular complexity index is 165. The quantitative estimate of drug-likeness (QED) is 0.676. The molecule has 0 saturated heterocycles. The Morgan fingerprint density at radius 2 is 1.87 bits per heavy atom. The lowest BCUT2D eigenvalue weighted by Crippen LogP contribution is -2.47. The van der Waals surface area contributed by atoms with Gasteiger partial charge in [-0.25, -0.2) is 0 Å². The summed E-state index contributed by atoms with van der Waals surface area (Å²) in [7, 11) is 2.14. The fourth-order valence-corrected chi connectivity index (χ4v) is 1.24. The van der Waals surface area contributed by atoms with Crippen molar-refractivity contribution >= 4 is 0 Å². The second-order valence-electron chi connectivity index (χ2n) is 5.07. The Labute approximate surface area is 94.9 Å². The van der Waals surface area contributed by atoms with Crippen molar-refractivity contribution in [2.45, 2.75) is 58.7 Å². The standard InChI is InChI=1S/C12H28N2O/c1-7-10(2)14(6)9-8-13-11(3)12(4,5)15/h10-11,13,15H,7-9H2,1-6H3. The molecule has 0 aliphatic heterocycles. The van der Waals surface area contributed by atoms with Crippen LogP contribution >= 0.6 is 0 Å². The van der Waals surface area contributed by atoms with Crippen LogP contribution in [0.5, 0.6) is 0 Å². The van der Waals surface area contributed by atoms with Gasteiger partial charge in [-0.3, -0.25) is 0 Å². The molecule has 2 unspecified atom stereocenters. The van der Waals surface area contributed by atoms with E-state index in [9.17, 15) is 5.11 Å². The lowest BCUT2D eigenvalue weighted by molar-refractivity contribution is 0.0433. The van der Waals surface area contributed by atoms with Crippen molar-refractivity contribution in [2.75, 3.05) is 20.1 Å². The van der Waals surface area contributed by atoms with Gasteiger partial charge >= 0.3 is 0 Å². The molecule has 15 heavy (non-hydrogen) atoms. The van der Waals surface area contributed by atoms with Crippen LogP contribution in [-0.2, 0) is 0 Å². The van der Waals surface area contributed by atoms with Crippen molar-refractivity contribution in [3.63, 3.8) is 0 Å². The first-order valence-corrected chi connectivity index (χ1v) is 5.95. The second kappa shape index (κ2) is 6.46. The fraction of sp³-hybridized carbons (Fsp3) is 1.00. The minimum absolute atomic E-state index is 0.128. The summed E-state index contributed by atoms with van der Waals surface area (Å²) in [5, 5.41) is 13.1. The lowest BCUT2D eigenvalue weighted by atomic mass is 10.0. The van der Waals surface area contributed by atoms with Crippen LogP contribution in [0, 0.1) is 0 Å². The zero-order chi connectivity index (χ0) is 12.1. The SMILES string of the molecule is CCC(C)N(C)CCNC(C)C(C)(C)O. The number of nitrogens with one attached hydrogen (secondary N) is 1. The summed E-state index contributed by atoms with van der Waals surface area (Å²) in [6.45, 7) is 12.1. The molecule has 2 N–H and O–H groups in total. The molecular weight excluding hydrogens is 188 g/mol. The average Bonchev–Trinajstić information content (AvgIpc) is 2.14. The summed E-state index contributed by atoms with van der Waals surface area (Å²) < 4.78 is 0. The molecule has 0 aromatic heterocycles. The summed E-state index contributed by atoms with van der Waals surface area (Å²) in [5.74, 6) is 0. The van der Waals surface area contributed by atoms with Gasteiger partial charge in [0.1, 0.15) is 0 Å². The van der Waals surface area contributed by atoms with E-state index < -0.39 is 5.60 Å². The molecule has 0 heterocycles. The van der Waals surface area contributed by atoms with Gasteiger partial charge in [0.15, 0.2) is 0 Å². The number of hydrogen-bond acceptors (Lipinski definition) is 3. The topological polar surface area (TPSA) is 35.5 Å². The van der Waals surface area contributed by atoms with E-state index in [0.717, 1.165) is 13.1 Å². The molecule has 3 heteroatoms. The Hall–Kier alpha value is -0.120. The van der Waals surface area contributed by atoms with E-state index in [0.29, 0.717) is 6.04 Å². The third-order valence-corrected chi connectivity index (χ3v) is 3.32. The van der Waals surface area contributed by atoms with Gasteiger partial charge in [-0.1, -0.05) is 6.92 Å². The van der Waals surface area contributed by atoms with Crippen LogP contribution in [0.2, 0.25) is 0 Å². The highest BCUT2D eigenvalue weighted by molar-refractivity contribution is 4.79. The van der Waals surface area contributed by atoms with E-state index in [1.165, 1.54) is 6.42 Å². The molecule has 0 aliphatic rings. The molecule has 0 aliphatic carbocycles. The maximum atomic E-state index is 9.73. The van der Waals surface area contributed by atoms with Crippen molar-refractivity contribution in [3.05, 3.63) is 0 Å². The zero-order valence-corrected chi connectivity index (χ0v) is 11.2. The third-order valence-electron chi connectivity index (χ3n) is 3.32. The highest BCUT2D eigenvalue weighted by atomic mass is 16.3. The molecule has 0 aromatic rings. The fourth-order valence-electron chi connectivity index (χ4n) is 1.24. The molecule has 0 aromatic carbocycles. The summed E-state index contributed by atoms with van der Waals surface area (Å²) in [4.78, 5) is 2.34. The largest absolute Gasteiger partial charge is 0.389 e. The van der Waals surface area contributed by atoms with Crippen LogP contribution in [-0.4, -0.2) is 47.8 Å². The highest BCUT2D eigenvalue weighted by Crippen LogP contribution is 2.07. The lowest BCUT2D eigenvalue weighted by Gasteiger charge is -2.29. The van der Waals surface area contributed by atoms with Gasteiger partial charge in [0.05, 0.1) is 5.60 Å². The van der Waals surface area contributed by atoms with Crippen LogP contribution in [0.4, 0.5) is 0 Å². The van der Waals surface area contributed by atoms with Gasteiger partial charge in [-0.05, 0) is 41.2 Å². The van der Waals surface area contributed by atoms with E-state index in [2.05, 4.69) is 31.1 Å². The first kappa shape index (κ1) is 14.9. The molecule has 92 valence electrons. The van der Waals surface area contributed by atoms with Crippen LogP contribution in [0.1, 0.15) is 41.0 Å². The van der Waals surface area contributed by atoms with E-state index in [-0.39, 0.29) is 6.04 Å². The monoisotopic (exact) mass is 216 g/mol. The molecule has 0 bridgehead atoms. The predicted molar refractivity (Wildman–Crippen MR) is 66.1 cm³/mol. The molecule has 0 amide bonds. The number of likely N-dealkylation sites (N-methyl/N-ethyl adjacent to an activating group) is 1. The minimum Gasteiger partial charge on any atom is -0.389 e. The summed E-state index contributed by atoms with van der Waals surface area (Å²) in [5.41, 5.74) is -0.644. The number of nitrogens with zero attached hydrogens (tertiary/aromatic N) is 1. The third kappa shape index (κ3) is 6.13. The van der Waals surface area contributed by atoms with Crippen molar-refractivity contribution in [1.29, 1.82) is 0 Å². The van der Waals surface area contributed by atoms with Crippen LogP contribution < -0.4 is 5.32 Å². The Morgan fingerprint density at radius 3 is 2.27 bits per heavy atom. The molecule has 2 atom stereocenters. The second-order valence-corrected chi connectivity index (χ2v) is 5.07. The molecule has 0 radical (unpaired) electrons. The van der Waals surface area contributed by atoms with Gasteiger partial charge in [0, 0.05) is 25.2 Å². The van der Waals surface area contributed by atoms with Crippen LogP contribution in [0.25, 0.3) is 0 Å². The predicted octanol–water partition coefficient (Wildman–Crippen LogP) is 1.47. The van der Waals surface area contributed by atoms with Crippen molar-refractivity contribution in [3.8, 4) is 0 Å². The summed E-state index contributed by atoms with van der Waals surface area (Å²) in [6.07, 6.45) is 1.18. The molecule has 0 saturated carbocycles. The number of rotatable bonds is 7. The highest BCUT2D eigenvalue weighted by Gasteiger charge is 2.21. The maximum absolute atomic E-state index is 9.73. The average molecular weight is 216 g/mol. The normalized spacial score (nSPS) is 16.8. The molecule has 0 rings (SSSR count). The first-order chi connectivity index (χ1) is 6.79. The molecular formula is C12H28N2O. The smallest absolute Gasteiger partial charge is 0.0741 e. The van der Waals surface area contributed by atoms with Gasteiger partial charge in [0.2, 0.25) is 0 Å². The van der Waals surface area contributed by atoms with Gasteiger partial charge in [0.25, 0.3) is 0 Å². The van der Waals surface area contributed by atoms with Crippen LogP contribution in [0.15, 0.2) is 0 Å². The summed E-state index contributed by atoms with van der Waals surface area (Å²) >= 11 is 0. The Balaban J connectivity index is 3.71. The maximum Gasteiger partial charge on any atom is 0.0741 e. The van der Waals surface area contributed by atoms with Crippen molar-refractivity contribution in [2.24, 2.45) is 0 Å². The van der Waals surface area contributed by atoms with E-state index >= 15 is 0 Å². The van der Waals surface area contributed by atoms with Gasteiger partial charge in [-0.15, -0.1) is 0 Å². The molecule has 0 fully saturated rings. The summed E-state index contributed by atoms with van der Waals surface area (Å²) in [6, 6.07) is 0.757. The minimum atomic E-state index is -0.644. The van der Waals surface area contributed by atoms with E-state index in [1.807, 2.05) is 20.8 Å².